The number of nitrogens with zero attached hydrogens (tertiary/aromatic N) is 1. The highest BCUT2D eigenvalue weighted by atomic mass is 32.2. The molecule has 0 fully saturated rings. The molecule has 6 nitrogen and oxygen atoms in total. The lowest BCUT2D eigenvalue weighted by Gasteiger charge is -2.05. The number of methoxy groups -OCH3 is 1. The van der Waals surface area contributed by atoms with Crippen LogP contribution in [-0.2, 0) is 10.5 Å². The fourth-order valence-corrected chi connectivity index (χ4v) is 2.12. The zero-order valence-electron chi connectivity index (χ0n) is 9.51. The van der Waals surface area contributed by atoms with Gasteiger partial charge in [-0.2, -0.15) is 11.8 Å². The molecule has 0 bridgehead atoms. The van der Waals surface area contributed by atoms with Crippen LogP contribution in [0.2, 0.25) is 0 Å². The lowest BCUT2D eigenvalue weighted by atomic mass is 10.2. The first-order valence-corrected chi connectivity index (χ1v) is 6.15. The number of benzene rings is 1. The number of hydrogen-bond acceptors (Lipinski definition) is 6. The number of nitrogen functional groups attached to an aromatic ring is 1. The molecular weight excluding hydrogens is 242 g/mol. The van der Waals surface area contributed by atoms with Gasteiger partial charge in [-0.25, -0.2) is 0 Å². The van der Waals surface area contributed by atoms with Gasteiger partial charge in [0.05, 0.1) is 11.5 Å². The van der Waals surface area contributed by atoms with Gasteiger partial charge in [-0.1, -0.05) is 6.07 Å². The first kappa shape index (κ1) is 13.8. The Kier molecular flexibility index (Phi) is 5.75. The van der Waals surface area contributed by atoms with E-state index in [9.17, 15) is 10.1 Å². The van der Waals surface area contributed by atoms with Crippen LogP contribution in [0.3, 0.4) is 0 Å². The van der Waals surface area contributed by atoms with E-state index in [1.807, 2.05) is 6.07 Å². The van der Waals surface area contributed by atoms with Crippen molar-refractivity contribution in [1.82, 2.24) is 0 Å². The number of hydrogen-bond donors (Lipinski definition) is 2. The Bertz CT molecular complexity index is 387. The molecule has 1 rings (SSSR count). The smallest absolute Gasteiger partial charge is 0.293 e. The summed E-state index contributed by atoms with van der Waals surface area (Å²) in [4.78, 5) is 10.3. The summed E-state index contributed by atoms with van der Waals surface area (Å²) in [6.07, 6.45) is 0. The summed E-state index contributed by atoms with van der Waals surface area (Å²) in [5, 5.41) is 10.8. The first-order chi connectivity index (χ1) is 8.19. The van der Waals surface area contributed by atoms with Crippen molar-refractivity contribution in [3.63, 3.8) is 0 Å². The molecule has 0 unspecified atom stereocenters. The number of nitro benzene ring substituents is 1. The van der Waals surface area contributed by atoms with Crippen LogP contribution in [0.25, 0.3) is 0 Å². The molecule has 0 aliphatic carbocycles. The van der Waals surface area contributed by atoms with Gasteiger partial charge in [0.25, 0.3) is 5.69 Å². The second-order valence-electron chi connectivity index (χ2n) is 3.30. The molecule has 0 saturated carbocycles. The fourth-order valence-electron chi connectivity index (χ4n) is 1.27. The predicted octanol–water partition coefficient (Wildman–Crippen LogP) is 1.76. The summed E-state index contributed by atoms with van der Waals surface area (Å²) in [5.41, 5.74) is 3.53. The third-order valence-corrected chi connectivity index (χ3v) is 3.11. The van der Waals surface area contributed by atoms with E-state index in [0.29, 0.717) is 12.3 Å². The molecule has 0 saturated heterocycles. The van der Waals surface area contributed by atoms with Gasteiger partial charge in [-0.15, -0.1) is 0 Å². The normalized spacial score (nSPS) is 10.2. The van der Waals surface area contributed by atoms with Crippen LogP contribution < -0.4 is 11.3 Å². The van der Waals surface area contributed by atoms with Crippen molar-refractivity contribution in [3.8, 4) is 0 Å². The average molecular weight is 257 g/mol. The Hall–Kier alpha value is -1.31. The first-order valence-electron chi connectivity index (χ1n) is 4.99. The highest BCUT2D eigenvalue weighted by Gasteiger charge is 2.13. The molecular formula is C10H15N3O3S. The van der Waals surface area contributed by atoms with E-state index >= 15 is 0 Å². The van der Waals surface area contributed by atoms with Crippen molar-refractivity contribution >= 4 is 23.1 Å². The number of nitro groups is 1. The van der Waals surface area contributed by atoms with E-state index in [1.165, 1.54) is 6.07 Å². The highest BCUT2D eigenvalue weighted by molar-refractivity contribution is 7.98. The second-order valence-corrected chi connectivity index (χ2v) is 4.40. The monoisotopic (exact) mass is 257 g/mol. The van der Waals surface area contributed by atoms with Gasteiger partial charge in [0.1, 0.15) is 5.69 Å². The molecule has 1 aromatic rings. The van der Waals surface area contributed by atoms with Crippen molar-refractivity contribution in [2.75, 3.05) is 24.9 Å². The number of hydrazine groups is 1. The minimum absolute atomic E-state index is 0.00246. The highest BCUT2D eigenvalue weighted by Crippen LogP contribution is 2.26. The van der Waals surface area contributed by atoms with Crippen LogP contribution in [0, 0.1) is 10.1 Å². The van der Waals surface area contributed by atoms with E-state index in [4.69, 9.17) is 10.6 Å². The maximum absolute atomic E-state index is 10.8. The number of ether oxygens (including phenoxy) is 1. The molecule has 0 aliphatic rings. The van der Waals surface area contributed by atoms with Gasteiger partial charge < -0.3 is 10.2 Å². The van der Waals surface area contributed by atoms with Crippen molar-refractivity contribution < 1.29 is 9.66 Å². The summed E-state index contributed by atoms with van der Waals surface area (Å²) in [7, 11) is 1.65. The molecule has 0 spiro atoms. The standard InChI is InChI=1S/C10H15N3O3S/c1-16-4-5-17-7-8-2-3-9(12-11)10(6-8)13(14)15/h2-3,6,12H,4-5,7,11H2,1H3. The summed E-state index contributed by atoms with van der Waals surface area (Å²) >= 11 is 1.67. The van der Waals surface area contributed by atoms with Crippen molar-refractivity contribution in [2.45, 2.75) is 5.75 Å². The van der Waals surface area contributed by atoms with Gasteiger partial charge in [0.2, 0.25) is 0 Å². The molecule has 3 N–H and O–H groups in total. The van der Waals surface area contributed by atoms with Crippen LogP contribution in [0.1, 0.15) is 5.56 Å². The summed E-state index contributed by atoms with van der Waals surface area (Å²) in [6.45, 7) is 0.676. The van der Waals surface area contributed by atoms with Crippen molar-refractivity contribution in [3.05, 3.63) is 33.9 Å². The Balaban J connectivity index is 2.68. The Morgan fingerprint density at radius 1 is 1.59 bits per heavy atom. The fraction of sp³-hybridized carbons (Fsp3) is 0.400. The molecule has 0 heterocycles. The van der Waals surface area contributed by atoms with Gasteiger partial charge in [0, 0.05) is 24.7 Å². The van der Waals surface area contributed by atoms with Crippen molar-refractivity contribution in [2.24, 2.45) is 5.84 Å². The quantitative estimate of drug-likeness (QED) is 0.335. The number of anilines is 1. The van der Waals surface area contributed by atoms with Crippen LogP contribution in [0.5, 0.6) is 0 Å². The minimum Gasteiger partial charge on any atom is -0.384 e. The molecule has 0 amide bonds. The summed E-state index contributed by atoms with van der Waals surface area (Å²) in [6, 6.07) is 4.97. The molecule has 0 radical (unpaired) electrons. The lowest BCUT2D eigenvalue weighted by Crippen LogP contribution is -2.09. The van der Waals surface area contributed by atoms with Gasteiger partial charge in [-0.3, -0.25) is 16.0 Å². The third-order valence-electron chi connectivity index (χ3n) is 2.11. The molecule has 0 aromatic heterocycles. The number of thioether (sulfide) groups is 1. The maximum Gasteiger partial charge on any atom is 0.293 e. The second kappa shape index (κ2) is 7.10. The van der Waals surface area contributed by atoms with E-state index in [0.717, 1.165) is 17.1 Å². The molecule has 0 atom stereocenters. The van der Waals surface area contributed by atoms with Gasteiger partial charge in [0.15, 0.2) is 0 Å². The Labute approximate surface area is 104 Å². The van der Waals surface area contributed by atoms with E-state index in [1.54, 1.807) is 24.9 Å². The maximum atomic E-state index is 10.8. The average Bonchev–Trinajstić information content (AvgIpc) is 2.34. The largest absolute Gasteiger partial charge is 0.384 e. The number of nitrogens with two attached hydrogens (primary N) is 1. The zero-order valence-corrected chi connectivity index (χ0v) is 10.3. The molecule has 0 aliphatic heterocycles. The molecule has 94 valence electrons. The van der Waals surface area contributed by atoms with E-state index in [-0.39, 0.29) is 5.69 Å². The molecule has 17 heavy (non-hydrogen) atoms. The minimum atomic E-state index is -0.446. The zero-order chi connectivity index (χ0) is 12.7. The summed E-state index contributed by atoms with van der Waals surface area (Å²) < 4.78 is 4.92. The van der Waals surface area contributed by atoms with E-state index < -0.39 is 4.92 Å². The van der Waals surface area contributed by atoms with Crippen LogP contribution in [0.15, 0.2) is 18.2 Å². The van der Waals surface area contributed by atoms with Crippen LogP contribution in [-0.4, -0.2) is 24.4 Å². The Morgan fingerprint density at radius 3 is 2.94 bits per heavy atom. The summed E-state index contributed by atoms with van der Waals surface area (Å²) in [5.74, 6) is 6.78. The van der Waals surface area contributed by atoms with Gasteiger partial charge in [-0.05, 0) is 11.6 Å². The van der Waals surface area contributed by atoms with Gasteiger partial charge >= 0.3 is 0 Å². The predicted molar refractivity (Wildman–Crippen MR) is 68.9 cm³/mol. The Morgan fingerprint density at radius 2 is 2.35 bits per heavy atom. The van der Waals surface area contributed by atoms with Crippen LogP contribution in [0.4, 0.5) is 11.4 Å². The number of rotatable bonds is 7. The van der Waals surface area contributed by atoms with E-state index in [2.05, 4.69) is 5.43 Å². The SMILES string of the molecule is COCCSCc1ccc(NN)c([N+](=O)[O-])c1. The van der Waals surface area contributed by atoms with Crippen LogP contribution >= 0.6 is 11.8 Å². The molecule has 1 aromatic carbocycles. The topological polar surface area (TPSA) is 90.4 Å². The third kappa shape index (κ3) is 4.22. The molecule has 7 heteroatoms. The lowest BCUT2D eigenvalue weighted by molar-refractivity contribution is -0.384. The number of nitrogens with one attached hydrogen (secondary N) is 1. The van der Waals surface area contributed by atoms with Crippen molar-refractivity contribution in [1.29, 1.82) is 0 Å².